The fourth-order valence-electron chi connectivity index (χ4n) is 5.99. The third-order valence-corrected chi connectivity index (χ3v) is 8.21. The fourth-order valence-corrected chi connectivity index (χ4v) is 5.99. The molecule has 0 saturated carbocycles. The van der Waals surface area contributed by atoms with Gasteiger partial charge in [-0.1, -0.05) is 0 Å². The Hall–Kier alpha value is -5.32. The molecule has 1 amide bonds. The van der Waals surface area contributed by atoms with Gasteiger partial charge in [0, 0.05) is 69.5 Å². The van der Waals surface area contributed by atoms with Crippen LogP contribution in [0.3, 0.4) is 0 Å². The molecule has 0 spiro atoms. The molecular weight excluding hydrogens is 657 g/mol. The van der Waals surface area contributed by atoms with Crippen molar-refractivity contribution in [1.82, 2.24) is 24.8 Å². The maximum absolute atomic E-state index is 16.0. The lowest BCUT2D eigenvalue weighted by Gasteiger charge is -2.37. The molecule has 6 rings (SSSR count). The summed E-state index contributed by atoms with van der Waals surface area (Å²) >= 11 is 0. The van der Waals surface area contributed by atoms with Crippen LogP contribution in [0.2, 0.25) is 0 Å². The first-order valence-corrected chi connectivity index (χ1v) is 14.9. The van der Waals surface area contributed by atoms with E-state index < -0.39 is 59.1 Å². The molecule has 1 fully saturated rings. The highest BCUT2D eigenvalue weighted by atomic mass is 19.4. The maximum Gasteiger partial charge on any atom is 0.414 e. The number of anilines is 2. The van der Waals surface area contributed by atoms with Crippen molar-refractivity contribution < 1.29 is 41.4 Å². The summed E-state index contributed by atoms with van der Waals surface area (Å²) in [7, 11) is 2.79. The Kier molecular flexibility index (Phi) is 8.00. The maximum atomic E-state index is 16.0. The number of H-pyrrole nitrogens is 1. The van der Waals surface area contributed by atoms with Crippen molar-refractivity contribution >= 4 is 56.4 Å². The largest absolute Gasteiger partial charge is 0.477 e. The number of aryl methyl sites for hydroxylation is 1. The Morgan fingerprint density at radius 2 is 1.82 bits per heavy atom. The second kappa shape index (κ2) is 11.7. The third-order valence-electron chi connectivity index (χ3n) is 8.21. The zero-order valence-corrected chi connectivity index (χ0v) is 26.8. The quantitative estimate of drug-likeness (QED) is 0.214. The number of halogens is 5. The molecule has 1 aliphatic heterocycles. The number of aromatic amines is 1. The first kappa shape index (κ1) is 33.6. The molecule has 12 nitrogen and oxygen atoms in total. The highest BCUT2D eigenvalue weighted by molar-refractivity contribution is 6.19. The fraction of sp³-hybridized carbons (Fsp3) is 0.344. The van der Waals surface area contributed by atoms with E-state index in [-0.39, 0.29) is 68.6 Å². The number of rotatable bonds is 4. The van der Waals surface area contributed by atoms with Crippen LogP contribution in [-0.4, -0.2) is 81.2 Å². The van der Waals surface area contributed by atoms with E-state index in [1.54, 1.807) is 20.8 Å². The van der Waals surface area contributed by atoms with E-state index in [0.29, 0.717) is 0 Å². The number of nitrogens with zero attached hydrogens (tertiary/aromatic N) is 5. The van der Waals surface area contributed by atoms with Gasteiger partial charge in [-0.3, -0.25) is 9.69 Å². The van der Waals surface area contributed by atoms with Crippen LogP contribution in [0.1, 0.15) is 31.1 Å². The number of hydrogen-bond acceptors (Lipinski definition) is 8. The zero-order valence-electron chi connectivity index (χ0n) is 26.8. The van der Waals surface area contributed by atoms with Crippen LogP contribution < -0.4 is 20.5 Å². The number of piperazine rings is 1. The predicted octanol–water partition coefficient (Wildman–Crippen LogP) is 5.32. The van der Waals surface area contributed by atoms with Gasteiger partial charge in [-0.05, 0) is 26.8 Å². The number of alkyl halides is 3. The molecule has 258 valence electrons. The third kappa shape index (κ3) is 5.87. The van der Waals surface area contributed by atoms with Gasteiger partial charge in [-0.15, -0.1) is 0 Å². The van der Waals surface area contributed by atoms with Gasteiger partial charge in [0.15, 0.2) is 11.6 Å². The summed E-state index contributed by atoms with van der Waals surface area (Å²) in [6.45, 7) is 4.12. The monoisotopic (exact) mass is 687 g/mol. The minimum absolute atomic E-state index is 0.00108. The number of benzene rings is 1. The summed E-state index contributed by atoms with van der Waals surface area (Å²) in [5.41, 5.74) is -2.13. The normalized spacial score (nSPS) is 15.7. The van der Waals surface area contributed by atoms with Gasteiger partial charge >= 0.3 is 18.2 Å². The number of carbonyl (C=O) groups excluding carboxylic acids is 1. The smallest absolute Gasteiger partial charge is 0.414 e. The van der Waals surface area contributed by atoms with Gasteiger partial charge in [0.05, 0.1) is 33.1 Å². The van der Waals surface area contributed by atoms with Crippen molar-refractivity contribution in [2.75, 3.05) is 36.5 Å². The number of carbonyl (C=O) groups is 2. The summed E-state index contributed by atoms with van der Waals surface area (Å²) in [6, 6.07) is 0.143. The lowest BCUT2D eigenvalue weighted by atomic mass is 10.00. The molecule has 4 aromatic heterocycles. The molecular formula is C32H30F5N7O5. The number of ether oxygens (including phenoxy) is 1. The highest BCUT2D eigenvalue weighted by Gasteiger charge is 2.43. The minimum Gasteiger partial charge on any atom is -0.477 e. The number of nitrogens with one attached hydrogen (secondary N) is 2. The molecule has 1 saturated heterocycles. The molecule has 0 aliphatic carbocycles. The second-order valence-corrected chi connectivity index (χ2v) is 12.7. The average molecular weight is 688 g/mol. The molecule has 1 atom stereocenters. The van der Waals surface area contributed by atoms with E-state index in [1.165, 1.54) is 42.0 Å². The SMILES string of the molecule is CN(C(=O)OC(C)(C)C)c1cc(F)c(F)c2c1[nH]c1ncc(-c3cnc4c(c3)c(=O)c(C(=O)O)cn4C)c(N3CCN[C@@H](C(F)(F)F)C3)c12. The van der Waals surface area contributed by atoms with Gasteiger partial charge in [-0.2, -0.15) is 13.2 Å². The average Bonchev–Trinajstić information content (AvgIpc) is 3.42. The van der Waals surface area contributed by atoms with E-state index in [0.717, 1.165) is 17.2 Å². The van der Waals surface area contributed by atoms with Crippen molar-refractivity contribution in [3.63, 3.8) is 0 Å². The van der Waals surface area contributed by atoms with Crippen molar-refractivity contribution in [2.45, 2.75) is 38.6 Å². The van der Waals surface area contributed by atoms with Crippen LogP contribution in [0.5, 0.6) is 0 Å². The summed E-state index contributed by atoms with van der Waals surface area (Å²) in [4.78, 5) is 51.9. The topological polar surface area (TPSA) is 146 Å². The standard InChI is InChI=1S/C32H30F5N7O5/c1-31(2,3)49-30(48)43(5)19-9-18(33)23(34)21-22-25(44-7-6-38-20(13-44)32(35,36)37)16(11-39-27(22)41-24(19)21)14-8-15-26(45)17(29(46)47)12-42(4)28(15)40-10-14/h8-12,20,38H,6-7,13H2,1-5H3,(H,39,41)(H,46,47)/t20-/m1/s1. The molecule has 1 aromatic carbocycles. The molecule has 5 aromatic rings. The van der Waals surface area contributed by atoms with E-state index in [2.05, 4.69) is 20.3 Å². The van der Waals surface area contributed by atoms with Crippen molar-refractivity contribution in [2.24, 2.45) is 7.05 Å². The van der Waals surface area contributed by atoms with Crippen LogP contribution in [0.4, 0.5) is 38.1 Å². The van der Waals surface area contributed by atoms with E-state index in [4.69, 9.17) is 4.74 Å². The first-order chi connectivity index (χ1) is 22.9. The second-order valence-electron chi connectivity index (χ2n) is 12.7. The predicted molar refractivity (Wildman–Crippen MR) is 171 cm³/mol. The Morgan fingerprint density at radius 3 is 2.47 bits per heavy atom. The van der Waals surface area contributed by atoms with E-state index in [9.17, 15) is 32.7 Å². The Bertz CT molecular complexity index is 2240. The number of carboxylic acid groups (broad SMARTS) is 1. The number of fused-ring (bicyclic) bond motifs is 4. The van der Waals surface area contributed by atoms with Gasteiger partial charge < -0.3 is 29.6 Å². The lowest BCUT2D eigenvalue weighted by Crippen LogP contribution is -2.57. The highest BCUT2D eigenvalue weighted by Crippen LogP contribution is 2.44. The van der Waals surface area contributed by atoms with E-state index in [1.807, 2.05) is 0 Å². The number of aromatic carboxylic acids is 1. The van der Waals surface area contributed by atoms with Crippen LogP contribution in [0.15, 0.2) is 35.5 Å². The number of carboxylic acids is 1. The summed E-state index contributed by atoms with van der Waals surface area (Å²) in [5, 5.41) is 11.4. The molecule has 0 radical (unpaired) electrons. The van der Waals surface area contributed by atoms with E-state index >= 15 is 8.78 Å². The van der Waals surface area contributed by atoms with Crippen LogP contribution >= 0.6 is 0 Å². The number of aromatic nitrogens is 4. The van der Waals surface area contributed by atoms with Gasteiger partial charge in [0.25, 0.3) is 0 Å². The van der Waals surface area contributed by atoms with Gasteiger partial charge in [0.2, 0.25) is 5.43 Å². The Morgan fingerprint density at radius 1 is 1.10 bits per heavy atom. The number of pyridine rings is 3. The Labute approximate surface area is 274 Å². The zero-order chi connectivity index (χ0) is 35.7. The molecule has 0 bridgehead atoms. The van der Waals surface area contributed by atoms with Crippen molar-refractivity contribution in [1.29, 1.82) is 0 Å². The summed E-state index contributed by atoms with van der Waals surface area (Å²) in [6.07, 6.45) is -1.81. The molecule has 0 unspecified atom stereocenters. The Balaban J connectivity index is 1.67. The van der Waals surface area contributed by atoms with Crippen molar-refractivity contribution in [3.8, 4) is 11.1 Å². The first-order valence-electron chi connectivity index (χ1n) is 14.9. The van der Waals surface area contributed by atoms with Crippen LogP contribution in [-0.2, 0) is 11.8 Å². The van der Waals surface area contributed by atoms with Crippen LogP contribution in [0, 0.1) is 11.6 Å². The van der Waals surface area contributed by atoms with Gasteiger partial charge in [-0.25, -0.2) is 28.3 Å². The van der Waals surface area contributed by atoms with Crippen LogP contribution in [0.25, 0.3) is 44.1 Å². The summed E-state index contributed by atoms with van der Waals surface area (Å²) < 4.78 is 80.2. The van der Waals surface area contributed by atoms with Crippen molar-refractivity contribution in [3.05, 3.63) is 58.1 Å². The molecule has 3 N–H and O–H groups in total. The summed E-state index contributed by atoms with van der Waals surface area (Å²) in [5.74, 6) is -4.17. The molecule has 49 heavy (non-hydrogen) atoms. The minimum atomic E-state index is -4.66. The number of amides is 1. The molecule has 1 aliphatic rings. The lowest BCUT2D eigenvalue weighted by molar-refractivity contribution is -0.155. The molecule has 17 heteroatoms. The number of hydrogen-bond donors (Lipinski definition) is 3. The molecule has 5 heterocycles. The van der Waals surface area contributed by atoms with Gasteiger partial charge in [0.1, 0.15) is 28.5 Å².